The molecule has 0 saturated carbocycles. The van der Waals surface area contributed by atoms with Crippen molar-refractivity contribution in [2.45, 2.75) is 12.8 Å². The zero-order valence-electron chi connectivity index (χ0n) is 12.2. The summed E-state index contributed by atoms with van der Waals surface area (Å²) in [5.74, 6) is 0.104. The largest absolute Gasteiger partial charge is 0.481 e. The predicted octanol–water partition coefficient (Wildman–Crippen LogP) is 4.82. The van der Waals surface area contributed by atoms with E-state index >= 15 is 0 Å². The van der Waals surface area contributed by atoms with Crippen LogP contribution in [0.25, 0.3) is 10.8 Å². The van der Waals surface area contributed by atoms with Crippen LogP contribution in [0.1, 0.15) is 18.4 Å². The van der Waals surface area contributed by atoms with Crippen LogP contribution in [0.5, 0.6) is 11.5 Å². The molecule has 0 radical (unpaired) electrons. The summed E-state index contributed by atoms with van der Waals surface area (Å²) in [6, 6.07) is 21.2. The summed E-state index contributed by atoms with van der Waals surface area (Å²) >= 11 is 0. The van der Waals surface area contributed by atoms with Gasteiger partial charge in [0.1, 0.15) is 11.5 Å². The third kappa shape index (κ3) is 2.93. The van der Waals surface area contributed by atoms with Gasteiger partial charge in [0.05, 0.1) is 5.92 Å². The maximum Gasteiger partial charge on any atom is 0.310 e. The molecule has 3 nitrogen and oxygen atoms in total. The van der Waals surface area contributed by atoms with Gasteiger partial charge < -0.3 is 9.84 Å². The van der Waals surface area contributed by atoms with Crippen molar-refractivity contribution < 1.29 is 14.6 Å². The lowest BCUT2D eigenvalue weighted by Crippen LogP contribution is -2.06. The molecule has 0 aromatic heterocycles. The number of ether oxygens (including phenoxy) is 1. The fourth-order valence-electron chi connectivity index (χ4n) is 2.33. The zero-order chi connectivity index (χ0) is 15.5. The first-order chi connectivity index (χ1) is 10.6. The van der Waals surface area contributed by atoms with E-state index in [0.29, 0.717) is 5.75 Å². The Balaban J connectivity index is 1.81. The van der Waals surface area contributed by atoms with E-state index in [2.05, 4.69) is 6.07 Å². The molecule has 3 aromatic rings. The van der Waals surface area contributed by atoms with Crippen LogP contribution < -0.4 is 4.74 Å². The summed E-state index contributed by atoms with van der Waals surface area (Å²) in [5.41, 5.74) is 0.762. The van der Waals surface area contributed by atoms with E-state index in [0.717, 1.165) is 16.7 Å². The van der Waals surface area contributed by atoms with Crippen LogP contribution in [0.3, 0.4) is 0 Å². The summed E-state index contributed by atoms with van der Waals surface area (Å²) in [5, 5.41) is 11.3. The molecule has 0 unspecified atom stereocenters. The highest BCUT2D eigenvalue weighted by Crippen LogP contribution is 2.27. The summed E-state index contributed by atoms with van der Waals surface area (Å²) in [6.07, 6.45) is 0. The van der Waals surface area contributed by atoms with Gasteiger partial charge in [0.15, 0.2) is 0 Å². The highest BCUT2D eigenvalue weighted by atomic mass is 16.5. The number of carbonyl (C=O) groups is 1. The van der Waals surface area contributed by atoms with Crippen LogP contribution in [0.15, 0.2) is 66.7 Å². The highest BCUT2D eigenvalue weighted by Gasteiger charge is 2.13. The summed E-state index contributed by atoms with van der Waals surface area (Å²) in [7, 11) is 0. The second kappa shape index (κ2) is 5.90. The van der Waals surface area contributed by atoms with Gasteiger partial charge in [-0.15, -0.1) is 0 Å². The van der Waals surface area contributed by atoms with Crippen LogP contribution in [0.4, 0.5) is 0 Å². The Kier molecular flexibility index (Phi) is 3.79. The Morgan fingerprint density at radius 1 is 0.909 bits per heavy atom. The first kappa shape index (κ1) is 14.1. The van der Waals surface area contributed by atoms with Crippen molar-refractivity contribution >= 4 is 16.7 Å². The maximum atomic E-state index is 11.0. The minimum absolute atomic E-state index is 0.519. The lowest BCUT2D eigenvalue weighted by atomic mass is 10.0. The van der Waals surface area contributed by atoms with Crippen LogP contribution in [0.2, 0.25) is 0 Å². The lowest BCUT2D eigenvalue weighted by molar-refractivity contribution is -0.138. The lowest BCUT2D eigenvalue weighted by Gasteiger charge is -2.09. The van der Waals surface area contributed by atoms with Crippen LogP contribution in [0, 0.1) is 0 Å². The number of hydrogen-bond acceptors (Lipinski definition) is 2. The fourth-order valence-corrected chi connectivity index (χ4v) is 2.33. The molecule has 0 saturated heterocycles. The second-order valence-corrected chi connectivity index (χ2v) is 5.24. The van der Waals surface area contributed by atoms with E-state index in [4.69, 9.17) is 9.84 Å². The summed E-state index contributed by atoms with van der Waals surface area (Å²) in [4.78, 5) is 11.0. The first-order valence-electron chi connectivity index (χ1n) is 7.13. The Morgan fingerprint density at radius 3 is 2.23 bits per heavy atom. The summed E-state index contributed by atoms with van der Waals surface area (Å²) < 4.78 is 5.83. The first-order valence-corrected chi connectivity index (χ1v) is 7.13. The molecule has 3 heteroatoms. The van der Waals surface area contributed by atoms with Crippen molar-refractivity contribution in [2.75, 3.05) is 0 Å². The zero-order valence-corrected chi connectivity index (χ0v) is 12.2. The smallest absolute Gasteiger partial charge is 0.310 e. The van der Waals surface area contributed by atoms with Crippen LogP contribution >= 0.6 is 0 Å². The Morgan fingerprint density at radius 2 is 1.55 bits per heavy atom. The highest BCUT2D eigenvalue weighted by molar-refractivity contribution is 5.83. The number of fused-ring (bicyclic) bond motifs is 1. The summed E-state index contributed by atoms with van der Waals surface area (Å²) in [6.45, 7) is 1.67. The molecule has 0 aliphatic rings. The molecule has 110 valence electrons. The Hall–Kier alpha value is -2.81. The topological polar surface area (TPSA) is 46.5 Å². The number of aliphatic carboxylic acids is 1. The molecule has 0 fully saturated rings. The van der Waals surface area contributed by atoms with Gasteiger partial charge in [0, 0.05) is 0 Å². The van der Waals surface area contributed by atoms with Gasteiger partial charge in [0.2, 0.25) is 0 Å². The van der Waals surface area contributed by atoms with Crippen molar-refractivity contribution in [2.24, 2.45) is 0 Å². The van der Waals surface area contributed by atoms with E-state index in [-0.39, 0.29) is 0 Å². The van der Waals surface area contributed by atoms with Gasteiger partial charge in [0.25, 0.3) is 0 Å². The van der Waals surface area contributed by atoms with E-state index in [1.54, 1.807) is 31.2 Å². The minimum Gasteiger partial charge on any atom is -0.481 e. The Bertz CT molecular complexity index is 806. The van der Waals surface area contributed by atoms with Crippen molar-refractivity contribution in [3.63, 3.8) is 0 Å². The van der Waals surface area contributed by atoms with Crippen molar-refractivity contribution in [3.05, 3.63) is 72.3 Å². The maximum absolute atomic E-state index is 11.0. The van der Waals surface area contributed by atoms with Gasteiger partial charge in [-0.3, -0.25) is 4.79 Å². The normalized spacial score (nSPS) is 12.0. The standard InChI is InChI=1S/C19H16O3/c1-13(19(20)21)14-6-9-17(10-7-14)22-18-11-8-15-4-2-3-5-16(15)12-18/h2-13H,1H3,(H,20,21)/t13-/m0/s1. The average molecular weight is 292 g/mol. The minimum atomic E-state index is -0.830. The molecular formula is C19H16O3. The Labute approximate surface area is 128 Å². The van der Waals surface area contributed by atoms with E-state index in [1.807, 2.05) is 36.4 Å². The van der Waals surface area contributed by atoms with Crippen molar-refractivity contribution in [1.29, 1.82) is 0 Å². The van der Waals surface area contributed by atoms with Crippen LogP contribution in [-0.4, -0.2) is 11.1 Å². The molecule has 0 amide bonds. The second-order valence-electron chi connectivity index (χ2n) is 5.24. The SMILES string of the molecule is C[C@H](C(=O)O)c1ccc(Oc2ccc3ccccc3c2)cc1. The molecule has 22 heavy (non-hydrogen) atoms. The molecule has 0 spiro atoms. The van der Waals surface area contributed by atoms with E-state index < -0.39 is 11.9 Å². The van der Waals surface area contributed by atoms with Gasteiger partial charge in [-0.2, -0.15) is 0 Å². The average Bonchev–Trinajstić information content (AvgIpc) is 2.55. The van der Waals surface area contributed by atoms with Crippen LogP contribution in [-0.2, 0) is 4.79 Å². The predicted molar refractivity (Wildman–Crippen MR) is 86.5 cm³/mol. The molecular weight excluding hydrogens is 276 g/mol. The number of carboxylic acid groups (broad SMARTS) is 1. The third-order valence-electron chi connectivity index (χ3n) is 3.71. The fraction of sp³-hybridized carbons (Fsp3) is 0.105. The van der Waals surface area contributed by atoms with Gasteiger partial charge >= 0.3 is 5.97 Å². The van der Waals surface area contributed by atoms with Crippen molar-refractivity contribution in [1.82, 2.24) is 0 Å². The monoisotopic (exact) mass is 292 g/mol. The number of hydrogen-bond donors (Lipinski definition) is 1. The molecule has 0 aliphatic carbocycles. The molecule has 0 bridgehead atoms. The van der Waals surface area contributed by atoms with Gasteiger partial charge in [-0.1, -0.05) is 42.5 Å². The number of rotatable bonds is 4. The molecule has 1 atom stereocenters. The molecule has 0 aliphatic heterocycles. The van der Waals surface area contributed by atoms with Gasteiger partial charge in [-0.25, -0.2) is 0 Å². The number of carboxylic acids is 1. The molecule has 3 aromatic carbocycles. The number of benzene rings is 3. The quantitative estimate of drug-likeness (QED) is 0.750. The molecule has 1 N–H and O–H groups in total. The van der Waals surface area contributed by atoms with E-state index in [1.165, 1.54) is 5.39 Å². The molecule has 3 rings (SSSR count). The van der Waals surface area contributed by atoms with Gasteiger partial charge in [-0.05, 0) is 47.5 Å². The van der Waals surface area contributed by atoms with Crippen molar-refractivity contribution in [3.8, 4) is 11.5 Å². The molecule has 0 heterocycles. The third-order valence-corrected chi connectivity index (χ3v) is 3.71. The van der Waals surface area contributed by atoms with E-state index in [9.17, 15) is 4.79 Å².